The summed E-state index contributed by atoms with van der Waals surface area (Å²) in [5.41, 5.74) is 6.20. The molecule has 0 spiro atoms. The topological polar surface area (TPSA) is 112 Å². The molecule has 0 amide bonds. The van der Waals surface area contributed by atoms with Crippen LogP contribution in [0.3, 0.4) is 0 Å². The summed E-state index contributed by atoms with van der Waals surface area (Å²) in [7, 11) is -2.21. The zero-order valence-electron chi connectivity index (χ0n) is 11.2. The van der Waals surface area contributed by atoms with E-state index in [1.54, 1.807) is 24.3 Å². The third-order valence-corrected chi connectivity index (χ3v) is 4.86. The third-order valence-electron chi connectivity index (χ3n) is 2.51. The van der Waals surface area contributed by atoms with E-state index in [1.807, 2.05) is 0 Å². The molecule has 0 atom stereocenters. The predicted molar refractivity (Wildman–Crippen MR) is 80.2 cm³/mol. The molecule has 1 aromatic heterocycles. The number of nitrogens with one attached hydrogen (secondary N) is 1. The molecule has 1 aromatic carbocycles. The van der Waals surface area contributed by atoms with Crippen molar-refractivity contribution < 1.29 is 13.2 Å². The number of nitrogens with zero attached hydrogens (tertiary/aromatic N) is 3. The number of anilines is 1. The maximum absolute atomic E-state index is 12.1. The Hall–Kier alpha value is -1.65. The molecule has 1 heterocycles. The molecule has 0 unspecified atom stereocenters. The number of halogens is 1. The Balaban J connectivity index is 1.91. The number of hydrogen-bond acceptors (Lipinski definition) is 6. The van der Waals surface area contributed by atoms with E-state index in [9.17, 15) is 8.42 Å². The summed E-state index contributed by atoms with van der Waals surface area (Å²) in [6, 6.07) is 6.90. The highest BCUT2D eigenvalue weighted by molar-refractivity contribution is 9.10. The van der Waals surface area contributed by atoms with Crippen molar-refractivity contribution in [3.63, 3.8) is 0 Å². The molecule has 0 aliphatic heterocycles. The fraction of sp³-hybridized carbons (Fsp3) is 0.273. The van der Waals surface area contributed by atoms with E-state index >= 15 is 0 Å². The summed E-state index contributed by atoms with van der Waals surface area (Å²) in [6.07, 6.45) is 0. The lowest BCUT2D eigenvalue weighted by Crippen LogP contribution is -2.30. The van der Waals surface area contributed by atoms with Crippen molar-refractivity contribution in [2.24, 2.45) is 7.05 Å². The Kier molecular flexibility index (Phi) is 4.80. The lowest BCUT2D eigenvalue weighted by atomic mass is 10.3. The molecule has 2 aromatic rings. The summed E-state index contributed by atoms with van der Waals surface area (Å²) in [5.74, 6) is 0.581. The second kappa shape index (κ2) is 6.41. The van der Waals surface area contributed by atoms with Crippen LogP contribution in [0.4, 0.5) is 5.69 Å². The normalized spacial score (nSPS) is 11.5. The largest absolute Gasteiger partial charge is 0.492 e. The van der Waals surface area contributed by atoms with Crippen molar-refractivity contribution in [1.29, 1.82) is 0 Å². The highest BCUT2D eigenvalue weighted by atomic mass is 79.9. The summed E-state index contributed by atoms with van der Waals surface area (Å²) in [4.78, 5) is 0. The Morgan fingerprint density at radius 1 is 1.48 bits per heavy atom. The van der Waals surface area contributed by atoms with E-state index in [2.05, 4.69) is 31.0 Å². The summed E-state index contributed by atoms with van der Waals surface area (Å²) >= 11 is 3.05. The van der Waals surface area contributed by atoms with Crippen LogP contribution in [0.5, 0.6) is 5.75 Å². The lowest BCUT2D eigenvalue weighted by Gasteiger charge is -2.09. The summed E-state index contributed by atoms with van der Waals surface area (Å²) in [5, 5.41) is 7.22. The maximum atomic E-state index is 12.1. The van der Waals surface area contributed by atoms with Gasteiger partial charge >= 0.3 is 0 Å². The van der Waals surface area contributed by atoms with Gasteiger partial charge in [0.15, 0.2) is 4.60 Å². The van der Waals surface area contributed by atoms with Gasteiger partial charge in [-0.1, -0.05) is 11.3 Å². The van der Waals surface area contributed by atoms with Crippen LogP contribution < -0.4 is 15.2 Å². The van der Waals surface area contributed by atoms with Crippen LogP contribution in [0.15, 0.2) is 33.9 Å². The van der Waals surface area contributed by atoms with Gasteiger partial charge in [0.05, 0.1) is 0 Å². The smallest absolute Gasteiger partial charge is 0.260 e. The van der Waals surface area contributed by atoms with E-state index < -0.39 is 10.0 Å². The van der Waals surface area contributed by atoms with Crippen LogP contribution in [0.1, 0.15) is 0 Å². The number of aromatic nitrogens is 3. The van der Waals surface area contributed by atoms with E-state index in [0.717, 1.165) is 0 Å². The molecule has 114 valence electrons. The van der Waals surface area contributed by atoms with Gasteiger partial charge in [0.2, 0.25) is 5.03 Å². The minimum atomic E-state index is -3.70. The molecular weight excluding hydrogens is 362 g/mol. The number of sulfonamides is 1. The molecule has 2 rings (SSSR count). The van der Waals surface area contributed by atoms with Crippen LogP contribution in [0, 0.1) is 0 Å². The number of aryl methyl sites for hydroxylation is 1. The fourth-order valence-electron chi connectivity index (χ4n) is 1.63. The van der Waals surface area contributed by atoms with Gasteiger partial charge in [0.1, 0.15) is 12.4 Å². The van der Waals surface area contributed by atoms with Gasteiger partial charge < -0.3 is 10.5 Å². The molecule has 0 aliphatic rings. The summed E-state index contributed by atoms with van der Waals surface area (Å²) in [6.45, 7) is 0.278. The van der Waals surface area contributed by atoms with Crippen LogP contribution in [0.25, 0.3) is 0 Å². The first kappa shape index (κ1) is 15.7. The van der Waals surface area contributed by atoms with Crippen molar-refractivity contribution in [3.05, 3.63) is 28.9 Å². The molecule has 0 radical (unpaired) electrons. The van der Waals surface area contributed by atoms with Gasteiger partial charge in [-0.15, -0.1) is 5.10 Å². The van der Waals surface area contributed by atoms with Gasteiger partial charge in [-0.05, 0) is 28.1 Å². The first-order chi connectivity index (χ1) is 9.90. The van der Waals surface area contributed by atoms with Crippen molar-refractivity contribution in [1.82, 2.24) is 19.7 Å². The van der Waals surface area contributed by atoms with Gasteiger partial charge in [0.25, 0.3) is 10.0 Å². The second-order valence-electron chi connectivity index (χ2n) is 4.13. The van der Waals surface area contributed by atoms with Gasteiger partial charge in [0, 0.05) is 25.3 Å². The van der Waals surface area contributed by atoms with Gasteiger partial charge in [-0.3, -0.25) is 0 Å². The van der Waals surface area contributed by atoms with E-state index in [4.69, 9.17) is 10.5 Å². The molecule has 0 bridgehead atoms. The highest BCUT2D eigenvalue weighted by Crippen LogP contribution is 2.17. The average molecular weight is 376 g/mol. The number of nitrogens with two attached hydrogens (primary N) is 1. The van der Waals surface area contributed by atoms with Crippen molar-refractivity contribution in [2.45, 2.75) is 5.03 Å². The molecule has 10 heteroatoms. The van der Waals surface area contributed by atoms with Crippen molar-refractivity contribution >= 4 is 31.6 Å². The number of nitrogen functional groups attached to an aromatic ring is 1. The Morgan fingerprint density at radius 2 is 2.24 bits per heavy atom. The number of ether oxygens (including phenoxy) is 1. The van der Waals surface area contributed by atoms with Gasteiger partial charge in [-0.2, -0.15) is 0 Å². The zero-order valence-corrected chi connectivity index (χ0v) is 13.6. The van der Waals surface area contributed by atoms with Gasteiger partial charge in [-0.25, -0.2) is 17.8 Å². The zero-order chi connectivity index (χ0) is 15.5. The van der Waals surface area contributed by atoms with E-state index in [1.165, 1.54) is 11.7 Å². The molecule has 0 saturated carbocycles. The molecule has 8 nitrogen and oxygen atoms in total. The molecule has 0 aliphatic carbocycles. The average Bonchev–Trinajstić information content (AvgIpc) is 2.75. The van der Waals surface area contributed by atoms with Crippen LogP contribution in [-0.4, -0.2) is 36.6 Å². The molecule has 21 heavy (non-hydrogen) atoms. The second-order valence-corrected chi connectivity index (χ2v) is 6.56. The first-order valence-electron chi connectivity index (χ1n) is 5.93. The fourth-order valence-corrected chi connectivity index (χ4v) is 3.73. The van der Waals surface area contributed by atoms with Crippen LogP contribution >= 0.6 is 15.9 Å². The standard InChI is InChI=1S/C11H14BrN5O3S/c1-17-11(10(12)15-16-17)21(18,19)14-5-6-20-9-4-2-3-8(13)7-9/h2-4,7,14H,5-6,13H2,1H3. The van der Waals surface area contributed by atoms with E-state index in [-0.39, 0.29) is 22.8 Å². The molecule has 0 saturated heterocycles. The number of benzene rings is 1. The van der Waals surface area contributed by atoms with E-state index in [0.29, 0.717) is 11.4 Å². The Labute approximate surface area is 130 Å². The number of rotatable bonds is 6. The van der Waals surface area contributed by atoms with Crippen LogP contribution in [-0.2, 0) is 17.1 Å². The molecular formula is C11H14BrN5O3S. The molecule has 3 N–H and O–H groups in total. The third kappa shape index (κ3) is 3.93. The van der Waals surface area contributed by atoms with Crippen LogP contribution in [0.2, 0.25) is 0 Å². The Bertz CT molecular complexity index is 712. The number of hydrogen-bond donors (Lipinski definition) is 2. The maximum Gasteiger partial charge on any atom is 0.260 e. The van der Waals surface area contributed by atoms with Crippen molar-refractivity contribution in [3.8, 4) is 5.75 Å². The molecule has 0 fully saturated rings. The highest BCUT2D eigenvalue weighted by Gasteiger charge is 2.23. The SMILES string of the molecule is Cn1nnc(Br)c1S(=O)(=O)NCCOc1cccc(N)c1. The van der Waals surface area contributed by atoms with Crippen molar-refractivity contribution in [2.75, 3.05) is 18.9 Å². The minimum Gasteiger partial charge on any atom is -0.492 e. The Morgan fingerprint density at radius 3 is 2.86 bits per heavy atom. The summed E-state index contributed by atoms with van der Waals surface area (Å²) < 4.78 is 33.3. The predicted octanol–water partition coefficient (Wildman–Crippen LogP) is 0.517. The minimum absolute atomic E-state index is 0.0357. The lowest BCUT2D eigenvalue weighted by molar-refractivity contribution is 0.323. The quantitative estimate of drug-likeness (QED) is 0.562. The first-order valence-corrected chi connectivity index (χ1v) is 8.21. The monoisotopic (exact) mass is 375 g/mol.